The summed E-state index contributed by atoms with van der Waals surface area (Å²) in [5.41, 5.74) is -1.38. The van der Waals surface area contributed by atoms with Gasteiger partial charge in [-0.1, -0.05) is 23.2 Å². The molecule has 33 heavy (non-hydrogen) atoms. The Bertz CT molecular complexity index is 1310. The van der Waals surface area contributed by atoms with Crippen molar-refractivity contribution in [1.29, 1.82) is 0 Å². The van der Waals surface area contributed by atoms with Crippen LogP contribution in [0.1, 0.15) is 29.9 Å². The molecule has 1 heterocycles. The molecule has 3 aromatic rings. The third kappa shape index (κ3) is 5.98. The zero-order chi connectivity index (χ0) is 24.6. The highest BCUT2D eigenvalue weighted by molar-refractivity contribution is 7.90. The third-order valence-corrected chi connectivity index (χ3v) is 6.15. The number of alkyl halides is 3. The highest BCUT2D eigenvalue weighted by Gasteiger charge is 2.31. The number of ether oxygens (including phenoxy) is 1. The number of carbonyl (C=O) groups is 1. The van der Waals surface area contributed by atoms with Crippen molar-refractivity contribution in [2.75, 3.05) is 0 Å². The van der Waals surface area contributed by atoms with Crippen molar-refractivity contribution in [2.24, 2.45) is 0 Å². The molecule has 0 aliphatic heterocycles. The lowest BCUT2D eigenvalue weighted by Crippen LogP contribution is -2.31. The standard InChI is InChI=1S/C20H16Cl2F3N3O4S/c1-11(2)32-15-3-4-16(22)18(8-15)33(30,31)27-19(29)17-9-28(10-26-17)14-6-12(20(23,24)25)5-13(21)7-14/h3-11H,1-2H3,(H,27,29). The number of hydrogen-bond acceptors (Lipinski definition) is 5. The summed E-state index contributed by atoms with van der Waals surface area (Å²) in [5, 5.41) is -0.323. The molecule has 7 nitrogen and oxygen atoms in total. The van der Waals surface area contributed by atoms with Crippen molar-refractivity contribution >= 4 is 39.1 Å². The molecular formula is C20H16Cl2F3N3O4S. The van der Waals surface area contributed by atoms with E-state index in [2.05, 4.69) is 4.98 Å². The van der Waals surface area contributed by atoms with Gasteiger partial charge in [0, 0.05) is 23.0 Å². The average Bonchev–Trinajstić information content (AvgIpc) is 3.18. The minimum Gasteiger partial charge on any atom is -0.491 e. The van der Waals surface area contributed by atoms with Gasteiger partial charge in [-0.15, -0.1) is 0 Å². The van der Waals surface area contributed by atoms with Crippen LogP contribution < -0.4 is 9.46 Å². The Hall–Kier alpha value is -2.76. The monoisotopic (exact) mass is 521 g/mol. The van der Waals surface area contributed by atoms with Crippen molar-refractivity contribution in [2.45, 2.75) is 31.0 Å². The summed E-state index contributed by atoms with van der Waals surface area (Å²) in [4.78, 5) is 15.9. The maximum Gasteiger partial charge on any atom is 0.416 e. The minimum absolute atomic E-state index is 0.0224. The molecule has 0 fully saturated rings. The van der Waals surface area contributed by atoms with Crippen LogP contribution in [0.2, 0.25) is 10.0 Å². The Morgan fingerprint density at radius 3 is 2.48 bits per heavy atom. The van der Waals surface area contributed by atoms with Crippen LogP contribution in [0.3, 0.4) is 0 Å². The van der Waals surface area contributed by atoms with Gasteiger partial charge in [-0.25, -0.2) is 18.1 Å². The zero-order valence-corrected chi connectivity index (χ0v) is 19.3. The minimum atomic E-state index is -4.64. The van der Waals surface area contributed by atoms with E-state index in [1.54, 1.807) is 13.8 Å². The van der Waals surface area contributed by atoms with E-state index in [9.17, 15) is 26.4 Å². The molecule has 0 atom stereocenters. The summed E-state index contributed by atoms with van der Waals surface area (Å²) < 4.78 is 72.9. The number of amides is 1. The summed E-state index contributed by atoms with van der Waals surface area (Å²) >= 11 is 11.8. The maximum atomic E-state index is 13.0. The SMILES string of the molecule is CC(C)Oc1ccc(Cl)c(S(=O)(=O)NC(=O)c2cn(-c3cc(Cl)cc(C(F)(F)F)c3)cn2)c1. The van der Waals surface area contributed by atoms with Gasteiger partial charge in [-0.2, -0.15) is 13.2 Å². The molecule has 0 aliphatic rings. The largest absolute Gasteiger partial charge is 0.491 e. The fraction of sp³-hybridized carbons (Fsp3) is 0.200. The fourth-order valence-electron chi connectivity index (χ4n) is 2.73. The van der Waals surface area contributed by atoms with Crippen LogP contribution in [0.15, 0.2) is 53.8 Å². The van der Waals surface area contributed by atoms with Gasteiger partial charge in [0.2, 0.25) is 0 Å². The fourth-order valence-corrected chi connectivity index (χ4v) is 4.44. The van der Waals surface area contributed by atoms with Crippen LogP contribution in [0, 0.1) is 0 Å². The first kappa shape index (κ1) is 24.9. The lowest BCUT2D eigenvalue weighted by atomic mass is 10.2. The number of carbonyl (C=O) groups excluding carboxylic acids is 1. The van der Waals surface area contributed by atoms with Gasteiger partial charge in [-0.3, -0.25) is 4.79 Å². The molecule has 0 aliphatic carbocycles. The summed E-state index contributed by atoms with van der Waals surface area (Å²) in [6.07, 6.45) is -2.75. The van der Waals surface area contributed by atoms with Crippen molar-refractivity contribution in [1.82, 2.24) is 14.3 Å². The van der Waals surface area contributed by atoms with Crippen molar-refractivity contribution in [3.63, 3.8) is 0 Å². The molecule has 0 bridgehead atoms. The van der Waals surface area contributed by atoms with Crippen LogP contribution >= 0.6 is 23.2 Å². The number of aromatic nitrogens is 2. The molecule has 0 unspecified atom stereocenters. The summed E-state index contributed by atoms with van der Waals surface area (Å²) in [5.74, 6) is -0.883. The summed E-state index contributed by atoms with van der Waals surface area (Å²) in [7, 11) is -4.42. The molecule has 3 rings (SSSR count). The summed E-state index contributed by atoms with van der Waals surface area (Å²) in [6.45, 7) is 3.50. The Morgan fingerprint density at radius 2 is 1.85 bits per heavy atom. The Morgan fingerprint density at radius 1 is 1.15 bits per heavy atom. The second-order valence-electron chi connectivity index (χ2n) is 7.06. The summed E-state index contributed by atoms with van der Waals surface area (Å²) in [6, 6.07) is 6.75. The predicted octanol–water partition coefficient (Wildman–Crippen LogP) is 5.10. The molecule has 0 saturated carbocycles. The van der Waals surface area contributed by atoms with Gasteiger partial charge in [-0.05, 0) is 44.2 Å². The van der Waals surface area contributed by atoms with Gasteiger partial charge < -0.3 is 9.30 Å². The molecule has 1 amide bonds. The van der Waals surface area contributed by atoms with Crippen LogP contribution in [-0.4, -0.2) is 30.0 Å². The number of nitrogens with zero attached hydrogens (tertiary/aromatic N) is 2. The molecule has 176 valence electrons. The van der Waals surface area contributed by atoms with Crippen molar-refractivity contribution < 1.29 is 31.1 Å². The first-order valence-electron chi connectivity index (χ1n) is 9.22. The predicted molar refractivity (Wildman–Crippen MR) is 115 cm³/mol. The van der Waals surface area contributed by atoms with E-state index in [0.717, 1.165) is 29.2 Å². The lowest BCUT2D eigenvalue weighted by Gasteiger charge is -2.12. The van der Waals surface area contributed by atoms with Crippen LogP contribution in [0.25, 0.3) is 5.69 Å². The number of imidazole rings is 1. The molecular weight excluding hydrogens is 506 g/mol. The van der Waals surface area contributed by atoms with E-state index in [1.807, 2.05) is 4.72 Å². The van der Waals surface area contributed by atoms with Crippen LogP contribution in [0.4, 0.5) is 13.2 Å². The van der Waals surface area contributed by atoms with E-state index in [0.29, 0.717) is 0 Å². The molecule has 0 radical (unpaired) electrons. The normalized spacial score (nSPS) is 12.1. The van der Waals surface area contributed by atoms with Crippen molar-refractivity contribution in [3.05, 3.63) is 70.2 Å². The number of nitrogens with one attached hydrogen (secondary N) is 1. The zero-order valence-electron chi connectivity index (χ0n) is 17.0. The smallest absolute Gasteiger partial charge is 0.416 e. The highest BCUT2D eigenvalue weighted by atomic mass is 35.5. The van der Waals surface area contributed by atoms with Gasteiger partial charge in [0.15, 0.2) is 0 Å². The number of rotatable bonds is 6. The second-order valence-corrected chi connectivity index (χ2v) is 9.55. The number of hydrogen-bond donors (Lipinski definition) is 1. The topological polar surface area (TPSA) is 90.3 Å². The molecule has 1 N–H and O–H groups in total. The van der Waals surface area contributed by atoms with E-state index in [-0.39, 0.29) is 38.2 Å². The van der Waals surface area contributed by atoms with E-state index < -0.39 is 27.7 Å². The quantitative estimate of drug-likeness (QED) is 0.487. The Balaban J connectivity index is 1.87. The second kappa shape index (κ2) is 9.24. The Labute approximate surface area is 197 Å². The van der Waals surface area contributed by atoms with E-state index in [1.165, 1.54) is 24.3 Å². The molecule has 1 aromatic heterocycles. The molecule has 0 spiro atoms. The van der Waals surface area contributed by atoms with Crippen LogP contribution in [0.5, 0.6) is 5.75 Å². The third-order valence-electron chi connectivity index (χ3n) is 4.11. The van der Waals surface area contributed by atoms with E-state index in [4.69, 9.17) is 27.9 Å². The molecule has 2 aromatic carbocycles. The lowest BCUT2D eigenvalue weighted by molar-refractivity contribution is -0.137. The number of halogens is 5. The first-order chi connectivity index (χ1) is 15.3. The molecule has 0 saturated heterocycles. The van der Waals surface area contributed by atoms with Gasteiger partial charge in [0.05, 0.1) is 16.7 Å². The number of benzene rings is 2. The average molecular weight is 522 g/mol. The maximum absolute atomic E-state index is 13.0. The van der Waals surface area contributed by atoms with Crippen LogP contribution in [-0.2, 0) is 16.2 Å². The number of sulfonamides is 1. The highest BCUT2D eigenvalue weighted by Crippen LogP contribution is 2.33. The van der Waals surface area contributed by atoms with Gasteiger partial charge in [0.1, 0.15) is 22.7 Å². The molecule has 13 heteroatoms. The van der Waals surface area contributed by atoms with E-state index >= 15 is 0 Å². The van der Waals surface area contributed by atoms with Gasteiger partial charge in [0.25, 0.3) is 15.9 Å². The Kier molecular flexibility index (Phi) is 6.96. The van der Waals surface area contributed by atoms with Crippen molar-refractivity contribution in [3.8, 4) is 11.4 Å². The van der Waals surface area contributed by atoms with Gasteiger partial charge >= 0.3 is 6.18 Å². The first-order valence-corrected chi connectivity index (χ1v) is 11.5.